The number of piperidine rings is 1. The summed E-state index contributed by atoms with van der Waals surface area (Å²) in [5.74, 6) is -0.207. The minimum absolute atomic E-state index is 0.0200. The fourth-order valence-corrected chi connectivity index (χ4v) is 3.91. The van der Waals surface area contributed by atoms with E-state index in [0.717, 1.165) is 19.3 Å². The van der Waals surface area contributed by atoms with Crippen LogP contribution in [0.1, 0.15) is 43.5 Å². The first kappa shape index (κ1) is 20.3. The van der Waals surface area contributed by atoms with E-state index in [1.807, 2.05) is 16.7 Å². The van der Waals surface area contributed by atoms with Crippen LogP contribution in [-0.4, -0.2) is 64.9 Å². The first-order valence-electron chi connectivity index (χ1n) is 10.0. The zero-order valence-corrected chi connectivity index (χ0v) is 16.6. The second kappa shape index (κ2) is 8.73. The van der Waals surface area contributed by atoms with Crippen molar-refractivity contribution in [3.8, 4) is 0 Å². The molecule has 3 rings (SSSR count). The maximum absolute atomic E-state index is 12.7. The predicted molar refractivity (Wildman–Crippen MR) is 106 cm³/mol. The van der Waals surface area contributed by atoms with Gasteiger partial charge in [-0.15, -0.1) is 0 Å². The van der Waals surface area contributed by atoms with Gasteiger partial charge in [0.05, 0.1) is 6.54 Å². The van der Waals surface area contributed by atoms with Crippen molar-refractivity contribution < 1.29 is 19.5 Å². The van der Waals surface area contributed by atoms with E-state index in [1.165, 1.54) is 0 Å². The molecule has 1 aromatic carbocycles. The molecule has 2 aliphatic rings. The molecular weight excluding hydrogens is 358 g/mol. The molecule has 2 atom stereocenters. The molecule has 0 bridgehead atoms. The van der Waals surface area contributed by atoms with Gasteiger partial charge in [0, 0.05) is 36.3 Å². The average Bonchev–Trinajstić information content (AvgIpc) is 3.43. The SMILES string of the molecule is CCN(CC(=O)O)C1CCN(C(=O)c2ccc(NC(=O)C3CC3C)cc2)CC1. The summed E-state index contributed by atoms with van der Waals surface area (Å²) in [5, 5.41) is 11.9. The van der Waals surface area contributed by atoms with Crippen LogP contribution in [0.15, 0.2) is 24.3 Å². The van der Waals surface area contributed by atoms with Gasteiger partial charge in [-0.05, 0) is 56.0 Å². The Hall–Kier alpha value is -2.41. The van der Waals surface area contributed by atoms with Gasteiger partial charge in [-0.25, -0.2) is 0 Å². The lowest BCUT2D eigenvalue weighted by Gasteiger charge is -2.37. The highest BCUT2D eigenvalue weighted by atomic mass is 16.4. The molecule has 2 fully saturated rings. The van der Waals surface area contributed by atoms with Crippen molar-refractivity contribution in [3.63, 3.8) is 0 Å². The molecule has 7 heteroatoms. The molecule has 1 aliphatic carbocycles. The van der Waals surface area contributed by atoms with Crippen molar-refractivity contribution >= 4 is 23.5 Å². The number of hydrogen-bond donors (Lipinski definition) is 2. The average molecular weight is 387 g/mol. The maximum Gasteiger partial charge on any atom is 0.317 e. The number of carbonyl (C=O) groups excluding carboxylic acids is 2. The van der Waals surface area contributed by atoms with Crippen molar-refractivity contribution in [1.82, 2.24) is 9.80 Å². The Bertz CT molecular complexity index is 726. The summed E-state index contributed by atoms with van der Waals surface area (Å²) < 4.78 is 0. The zero-order chi connectivity index (χ0) is 20.3. The number of rotatable bonds is 7. The molecular formula is C21H29N3O4. The predicted octanol–water partition coefficient (Wildman–Crippen LogP) is 2.29. The van der Waals surface area contributed by atoms with Gasteiger partial charge in [-0.2, -0.15) is 0 Å². The Morgan fingerprint density at radius 1 is 1.18 bits per heavy atom. The van der Waals surface area contributed by atoms with Crippen molar-refractivity contribution in [1.29, 1.82) is 0 Å². The minimum Gasteiger partial charge on any atom is -0.480 e. The highest BCUT2D eigenvalue weighted by molar-refractivity contribution is 5.97. The summed E-state index contributed by atoms with van der Waals surface area (Å²) in [7, 11) is 0. The quantitative estimate of drug-likeness (QED) is 0.749. The fourth-order valence-electron chi connectivity index (χ4n) is 3.91. The Kier molecular flexibility index (Phi) is 6.34. The van der Waals surface area contributed by atoms with Gasteiger partial charge in [0.1, 0.15) is 0 Å². The van der Waals surface area contributed by atoms with Crippen LogP contribution >= 0.6 is 0 Å². The van der Waals surface area contributed by atoms with E-state index in [-0.39, 0.29) is 30.3 Å². The second-order valence-electron chi connectivity index (χ2n) is 7.87. The van der Waals surface area contributed by atoms with E-state index < -0.39 is 5.97 Å². The molecule has 1 aromatic rings. The van der Waals surface area contributed by atoms with E-state index in [9.17, 15) is 14.4 Å². The number of carboxylic acid groups (broad SMARTS) is 1. The highest BCUT2D eigenvalue weighted by Crippen LogP contribution is 2.38. The number of benzene rings is 1. The lowest BCUT2D eigenvalue weighted by Crippen LogP contribution is -2.48. The van der Waals surface area contributed by atoms with Gasteiger partial charge in [0.2, 0.25) is 5.91 Å². The lowest BCUT2D eigenvalue weighted by molar-refractivity contribution is -0.139. The smallest absolute Gasteiger partial charge is 0.317 e. The first-order chi connectivity index (χ1) is 13.4. The molecule has 2 unspecified atom stereocenters. The fraction of sp³-hybridized carbons (Fsp3) is 0.571. The number of aliphatic carboxylic acids is 1. The number of carbonyl (C=O) groups is 3. The van der Waals surface area contributed by atoms with Gasteiger partial charge in [0.15, 0.2) is 0 Å². The first-order valence-corrected chi connectivity index (χ1v) is 10.0. The number of nitrogens with zero attached hydrogens (tertiary/aromatic N) is 2. The number of amides is 2. The summed E-state index contributed by atoms with van der Waals surface area (Å²) in [6.45, 7) is 6.01. The summed E-state index contributed by atoms with van der Waals surface area (Å²) in [4.78, 5) is 39.5. The van der Waals surface area contributed by atoms with Crippen LogP contribution in [0.2, 0.25) is 0 Å². The third-order valence-corrected chi connectivity index (χ3v) is 5.86. The monoisotopic (exact) mass is 387 g/mol. The molecule has 1 heterocycles. The molecule has 28 heavy (non-hydrogen) atoms. The second-order valence-corrected chi connectivity index (χ2v) is 7.87. The molecule has 2 N–H and O–H groups in total. The third kappa shape index (κ3) is 4.90. The number of likely N-dealkylation sites (tertiary alicyclic amines) is 1. The van der Waals surface area contributed by atoms with E-state index in [1.54, 1.807) is 24.3 Å². The molecule has 7 nitrogen and oxygen atoms in total. The number of hydrogen-bond acceptors (Lipinski definition) is 4. The third-order valence-electron chi connectivity index (χ3n) is 5.86. The normalized spacial score (nSPS) is 22.2. The summed E-state index contributed by atoms with van der Waals surface area (Å²) in [5.41, 5.74) is 1.32. The topological polar surface area (TPSA) is 90.0 Å². The van der Waals surface area contributed by atoms with E-state index >= 15 is 0 Å². The molecule has 0 spiro atoms. The standard InChI is InChI=1S/C21H29N3O4/c1-3-23(13-19(25)26)17-8-10-24(11-9-17)21(28)15-4-6-16(7-5-15)22-20(27)18-12-14(18)2/h4-7,14,17-18H,3,8-13H2,1-2H3,(H,22,27)(H,25,26). The molecule has 1 saturated carbocycles. The lowest BCUT2D eigenvalue weighted by atomic mass is 10.0. The number of anilines is 1. The van der Waals surface area contributed by atoms with Crippen LogP contribution in [0.4, 0.5) is 5.69 Å². The molecule has 0 aromatic heterocycles. The molecule has 2 amide bonds. The zero-order valence-electron chi connectivity index (χ0n) is 16.6. The van der Waals surface area contributed by atoms with E-state index in [0.29, 0.717) is 36.8 Å². The number of carboxylic acids is 1. The molecule has 152 valence electrons. The van der Waals surface area contributed by atoms with Crippen molar-refractivity contribution in [3.05, 3.63) is 29.8 Å². The Morgan fingerprint density at radius 3 is 2.29 bits per heavy atom. The van der Waals surface area contributed by atoms with Crippen LogP contribution in [0.25, 0.3) is 0 Å². The van der Waals surface area contributed by atoms with Crippen LogP contribution in [0.5, 0.6) is 0 Å². The maximum atomic E-state index is 12.7. The highest BCUT2D eigenvalue weighted by Gasteiger charge is 2.39. The molecule has 1 aliphatic heterocycles. The summed E-state index contributed by atoms with van der Waals surface area (Å²) in [6, 6.07) is 7.26. The Balaban J connectivity index is 1.52. The molecule has 0 radical (unpaired) electrons. The van der Waals surface area contributed by atoms with Crippen molar-refractivity contribution in [2.24, 2.45) is 11.8 Å². The van der Waals surface area contributed by atoms with Crippen LogP contribution in [0.3, 0.4) is 0 Å². The van der Waals surface area contributed by atoms with Gasteiger partial charge < -0.3 is 15.3 Å². The van der Waals surface area contributed by atoms with Gasteiger partial charge in [-0.1, -0.05) is 13.8 Å². The van der Waals surface area contributed by atoms with E-state index in [2.05, 4.69) is 12.2 Å². The van der Waals surface area contributed by atoms with Crippen LogP contribution < -0.4 is 5.32 Å². The largest absolute Gasteiger partial charge is 0.480 e. The molecule has 1 saturated heterocycles. The summed E-state index contributed by atoms with van der Waals surface area (Å²) >= 11 is 0. The van der Waals surface area contributed by atoms with Gasteiger partial charge in [0.25, 0.3) is 5.91 Å². The van der Waals surface area contributed by atoms with Crippen LogP contribution in [0, 0.1) is 11.8 Å². The van der Waals surface area contributed by atoms with Crippen molar-refractivity contribution in [2.75, 3.05) is 31.5 Å². The minimum atomic E-state index is -0.816. The van der Waals surface area contributed by atoms with Gasteiger partial charge >= 0.3 is 5.97 Å². The van der Waals surface area contributed by atoms with Crippen molar-refractivity contribution in [2.45, 2.75) is 39.2 Å². The van der Waals surface area contributed by atoms with Crippen LogP contribution in [-0.2, 0) is 9.59 Å². The number of nitrogens with one attached hydrogen (secondary N) is 1. The summed E-state index contributed by atoms with van der Waals surface area (Å²) in [6.07, 6.45) is 2.50. The van der Waals surface area contributed by atoms with E-state index in [4.69, 9.17) is 5.11 Å². The Labute approximate surface area is 165 Å². The number of likely N-dealkylation sites (N-methyl/N-ethyl adjacent to an activating group) is 1. The van der Waals surface area contributed by atoms with Gasteiger partial charge in [-0.3, -0.25) is 19.3 Å². The Morgan fingerprint density at radius 2 is 1.79 bits per heavy atom.